The van der Waals surface area contributed by atoms with Crippen molar-refractivity contribution in [2.45, 2.75) is 57.9 Å². The van der Waals surface area contributed by atoms with E-state index >= 15 is 0 Å². The highest BCUT2D eigenvalue weighted by Crippen LogP contribution is 2.42. The lowest BCUT2D eigenvalue weighted by molar-refractivity contribution is 0.418. The third-order valence-corrected chi connectivity index (χ3v) is 4.72. The fourth-order valence-corrected chi connectivity index (χ4v) is 2.97. The van der Waals surface area contributed by atoms with Gasteiger partial charge in [0, 0.05) is 24.1 Å². The van der Waals surface area contributed by atoms with Gasteiger partial charge in [0.2, 0.25) is 0 Å². The van der Waals surface area contributed by atoms with Gasteiger partial charge in [-0.25, -0.2) is 4.98 Å². The van der Waals surface area contributed by atoms with Crippen LogP contribution in [0.25, 0.3) is 22.6 Å². The molecule has 0 saturated heterocycles. The Bertz CT molecular complexity index is 900. The molecule has 1 unspecified atom stereocenters. The van der Waals surface area contributed by atoms with E-state index in [1.54, 1.807) is 0 Å². The number of likely N-dealkylation sites (N-methyl/N-ethyl adjacent to an activating group) is 1. The van der Waals surface area contributed by atoms with E-state index in [0.29, 0.717) is 29.8 Å². The molecule has 1 aliphatic carbocycles. The molecule has 26 heavy (non-hydrogen) atoms. The number of hydrogen-bond acceptors (Lipinski definition) is 7. The summed E-state index contributed by atoms with van der Waals surface area (Å²) in [4.78, 5) is 9.27. The lowest BCUT2D eigenvalue weighted by atomic mass is 10.0. The SMILES string of the molecule is CNC(C)Cc1noc(-c2cc(C3CC3)nc3onc(C(C)C)c23)n1.Cl. The fraction of sp³-hybridized carbons (Fsp3) is 0.556. The first-order chi connectivity index (χ1) is 12.1. The maximum atomic E-state index is 5.58. The van der Waals surface area contributed by atoms with Gasteiger partial charge in [0.15, 0.2) is 5.82 Å². The van der Waals surface area contributed by atoms with E-state index in [1.807, 2.05) is 7.05 Å². The van der Waals surface area contributed by atoms with Gasteiger partial charge in [-0.05, 0) is 38.8 Å². The highest BCUT2D eigenvalue weighted by Gasteiger charge is 2.29. The molecule has 7 nitrogen and oxygen atoms in total. The molecule has 3 aromatic rings. The van der Waals surface area contributed by atoms with Crippen molar-refractivity contribution in [2.24, 2.45) is 0 Å². The van der Waals surface area contributed by atoms with Crippen molar-refractivity contribution in [3.63, 3.8) is 0 Å². The zero-order valence-electron chi connectivity index (χ0n) is 15.4. The lowest BCUT2D eigenvalue weighted by Crippen LogP contribution is -2.24. The van der Waals surface area contributed by atoms with Crippen LogP contribution in [0.1, 0.15) is 62.7 Å². The molecule has 1 saturated carbocycles. The van der Waals surface area contributed by atoms with Crippen molar-refractivity contribution in [3.8, 4) is 11.5 Å². The quantitative estimate of drug-likeness (QED) is 0.697. The molecule has 4 rings (SSSR count). The first kappa shape index (κ1) is 18.8. The third kappa shape index (κ3) is 3.46. The van der Waals surface area contributed by atoms with Crippen molar-refractivity contribution >= 4 is 23.5 Å². The van der Waals surface area contributed by atoms with Crippen molar-refractivity contribution in [1.82, 2.24) is 25.6 Å². The molecule has 1 N–H and O–H groups in total. The Morgan fingerprint density at radius 2 is 1.92 bits per heavy atom. The molecule has 140 valence electrons. The normalized spacial score (nSPS) is 15.4. The van der Waals surface area contributed by atoms with E-state index in [0.717, 1.165) is 35.2 Å². The highest BCUT2D eigenvalue weighted by molar-refractivity contribution is 5.92. The van der Waals surface area contributed by atoms with E-state index in [4.69, 9.17) is 9.05 Å². The maximum absolute atomic E-state index is 5.58. The van der Waals surface area contributed by atoms with Crippen LogP contribution in [0.5, 0.6) is 0 Å². The van der Waals surface area contributed by atoms with Crippen LogP contribution in [-0.2, 0) is 6.42 Å². The van der Waals surface area contributed by atoms with E-state index in [-0.39, 0.29) is 24.4 Å². The molecule has 0 bridgehead atoms. The molecule has 0 spiro atoms. The van der Waals surface area contributed by atoms with E-state index in [2.05, 4.69) is 52.4 Å². The fourth-order valence-electron chi connectivity index (χ4n) is 2.97. The molecular formula is C18H24ClN5O2. The van der Waals surface area contributed by atoms with Crippen molar-refractivity contribution < 1.29 is 9.05 Å². The zero-order valence-corrected chi connectivity index (χ0v) is 16.3. The predicted octanol–water partition coefficient (Wildman–Crippen LogP) is 3.85. The molecule has 8 heteroatoms. The van der Waals surface area contributed by atoms with Crippen molar-refractivity contribution in [2.75, 3.05) is 7.05 Å². The Morgan fingerprint density at radius 1 is 1.15 bits per heavy atom. The highest BCUT2D eigenvalue weighted by atomic mass is 35.5. The monoisotopic (exact) mass is 377 g/mol. The smallest absolute Gasteiger partial charge is 0.259 e. The number of fused-ring (bicyclic) bond motifs is 1. The summed E-state index contributed by atoms with van der Waals surface area (Å²) in [6.07, 6.45) is 3.04. The lowest BCUT2D eigenvalue weighted by Gasteiger charge is -2.05. The summed E-state index contributed by atoms with van der Waals surface area (Å²) < 4.78 is 11.1. The number of nitrogens with one attached hydrogen (secondary N) is 1. The van der Waals surface area contributed by atoms with Gasteiger partial charge >= 0.3 is 0 Å². The number of aromatic nitrogens is 4. The molecule has 3 heterocycles. The number of hydrogen-bond donors (Lipinski definition) is 1. The largest absolute Gasteiger partial charge is 0.335 e. The first-order valence-corrected chi connectivity index (χ1v) is 8.87. The zero-order chi connectivity index (χ0) is 17.6. The summed E-state index contributed by atoms with van der Waals surface area (Å²) in [5.41, 5.74) is 3.35. The Morgan fingerprint density at radius 3 is 2.58 bits per heavy atom. The first-order valence-electron chi connectivity index (χ1n) is 8.87. The average Bonchev–Trinajstić information content (AvgIpc) is 3.19. The van der Waals surface area contributed by atoms with Gasteiger partial charge in [-0.3, -0.25) is 0 Å². The van der Waals surface area contributed by atoms with Crippen LogP contribution in [0.3, 0.4) is 0 Å². The van der Waals surface area contributed by atoms with Crippen LogP contribution in [0.15, 0.2) is 15.1 Å². The van der Waals surface area contributed by atoms with Gasteiger partial charge in [-0.15, -0.1) is 12.4 Å². The van der Waals surface area contributed by atoms with Gasteiger partial charge in [-0.2, -0.15) is 4.98 Å². The summed E-state index contributed by atoms with van der Waals surface area (Å²) in [5.74, 6) is 1.93. The second kappa shape index (κ2) is 7.32. The second-order valence-electron chi connectivity index (χ2n) is 7.18. The predicted molar refractivity (Wildman–Crippen MR) is 101 cm³/mol. The Hall–Kier alpha value is -1.99. The Kier molecular flexibility index (Phi) is 5.29. The van der Waals surface area contributed by atoms with Gasteiger partial charge in [0.25, 0.3) is 11.6 Å². The van der Waals surface area contributed by atoms with Crippen LogP contribution in [0, 0.1) is 0 Å². The van der Waals surface area contributed by atoms with Gasteiger partial charge in [-0.1, -0.05) is 24.2 Å². The van der Waals surface area contributed by atoms with E-state index in [1.165, 1.54) is 0 Å². The Balaban J connectivity index is 0.00000196. The molecule has 3 aromatic heterocycles. The standard InChI is InChI=1S/C18H23N5O2.ClH/c1-9(2)16-15-12(17-21-14(22-24-17)7-10(3)19-4)8-13(11-5-6-11)20-18(15)25-23-16;/h8-11,19H,5-7H2,1-4H3;1H. The Labute approximate surface area is 158 Å². The van der Waals surface area contributed by atoms with Crippen LogP contribution in [-0.4, -0.2) is 33.4 Å². The summed E-state index contributed by atoms with van der Waals surface area (Å²) in [7, 11) is 1.92. The molecule has 0 radical (unpaired) electrons. The van der Waals surface area contributed by atoms with Crippen LogP contribution in [0.2, 0.25) is 0 Å². The number of nitrogens with zero attached hydrogens (tertiary/aromatic N) is 4. The molecule has 1 fully saturated rings. The summed E-state index contributed by atoms with van der Waals surface area (Å²) in [6, 6.07) is 2.36. The maximum Gasteiger partial charge on any atom is 0.259 e. The van der Waals surface area contributed by atoms with Crippen molar-refractivity contribution in [3.05, 3.63) is 23.3 Å². The molecular weight excluding hydrogens is 354 g/mol. The van der Waals surface area contributed by atoms with Gasteiger partial charge in [0.05, 0.1) is 16.6 Å². The van der Waals surface area contributed by atoms with Gasteiger partial charge in [0.1, 0.15) is 0 Å². The number of pyridine rings is 1. The molecule has 0 aliphatic heterocycles. The minimum Gasteiger partial charge on any atom is -0.335 e. The van der Waals surface area contributed by atoms with E-state index < -0.39 is 0 Å². The summed E-state index contributed by atoms with van der Waals surface area (Å²) in [5, 5.41) is 12.4. The molecule has 1 aliphatic rings. The minimum atomic E-state index is 0. The third-order valence-electron chi connectivity index (χ3n) is 4.72. The number of halogens is 1. The summed E-state index contributed by atoms with van der Waals surface area (Å²) in [6.45, 7) is 6.26. The molecule has 0 aromatic carbocycles. The van der Waals surface area contributed by atoms with Crippen LogP contribution < -0.4 is 5.32 Å². The van der Waals surface area contributed by atoms with Crippen molar-refractivity contribution in [1.29, 1.82) is 0 Å². The van der Waals surface area contributed by atoms with E-state index in [9.17, 15) is 0 Å². The minimum absolute atomic E-state index is 0. The second-order valence-corrected chi connectivity index (χ2v) is 7.18. The van der Waals surface area contributed by atoms with Gasteiger partial charge < -0.3 is 14.4 Å². The average molecular weight is 378 g/mol. The topological polar surface area (TPSA) is 89.9 Å². The number of rotatable bonds is 6. The molecule has 0 amide bonds. The molecule has 1 atom stereocenters. The van der Waals surface area contributed by atoms with Crippen LogP contribution >= 0.6 is 12.4 Å². The van der Waals surface area contributed by atoms with Crippen LogP contribution in [0.4, 0.5) is 0 Å². The summed E-state index contributed by atoms with van der Waals surface area (Å²) >= 11 is 0.